The van der Waals surface area contributed by atoms with E-state index >= 15 is 0 Å². The molecule has 0 aliphatic heterocycles. The van der Waals surface area contributed by atoms with Crippen LogP contribution >= 0.6 is 15.9 Å². The quantitative estimate of drug-likeness (QED) is 0.694. The predicted molar refractivity (Wildman–Crippen MR) is 69.5 cm³/mol. The van der Waals surface area contributed by atoms with Crippen LogP contribution in [0.3, 0.4) is 0 Å². The fourth-order valence-corrected chi connectivity index (χ4v) is 1.60. The van der Waals surface area contributed by atoms with Crippen LogP contribution in [0, 0.1) is 5.82 Å². The Morgan fingerprint density at radius 1 is 0.750 bits per heavy atom. The van der Waals surface area contributed by atoms with E-state index in [2.05, 4.69) is 15.9 Å². The van der Waals surface area contributed by atoms with E-state index in [1.807, 2.05) is 36.4 Å². The minimum Gasteiger partial charge on any atom is -0.207 e. The highest BCUT2D eigenvalue weighted by Crippen LogP contribution is 2.13. The van der Waals surface area contributed by atoms with Gasteiger partial charge >= 0.3 is 0 Å². The summed E-state index contributed by atoms with van der Waals surface area (Å²) in [6.45, 7) is 0. The molecule has 0 fully saturated rings. The minimum absolute atomic E-state index is 0.208. The van der Waals surface area contributed by atoms with E-state index < -0.39 is 0 Å². The summed E-state index contributed by atoms with van der Waals surface area (Å²) < 4.78 is 13.7. The molecule has 0 spiro atoms. The molecule has 0 bridgehead atoms. The summed E-state index contributed by atoms with van der Waals surface area (Å²) in [5.41, 5.74) is 2.11. The monoisotopic (exact) mass is 276 g/mol. The van der Waals surface area contributed by atoms with Crippen molar-refractivity contribution in [1.29, 1.82) is 0 Å². The maximum atomic E-state index is 12.7. The Bertz CT molecular complexity index is 436. The smallest absolute Gasteiger partial charge is 0.123 e. The minimum atomic E-state index is -0.208. The summed E-state index contributed by atoms with van der Waals surface area (Å²) in [4.78, 5) is 0. The van der Waals surface area contributed by atoms with Crippen molar-refractivity contribution >= 4 is 28.1 Å². The summed E-state index contributed by atoms with van der Waals surface area (Å²) in [6, 6.07) is 14.4. The van der Waals surface area contributed by atoms with Gasteiger partial charge in [0.05, 0.1) is 0 Å². The molecule has 0 aromatic heterocycles. The van der Waals surface area contributed by atoms with Gasteiger partial charge in [-0.25, -0.2) is 4.39 Å². The predicted octanol–water partition coefficient (Wildman–Crippen LogP) is 4.76. The number of halogens is 2. The van der Waals surface area contributed by atoms with Gasteiger partial charge in [0.25, 0.3) is 0 Å². The van der Waals surface area contributed by atoms with Crippen LogP contribution < -0.4 is 0 Å². The second-order valence-electron chi connectivity index (χ2n) is 3.44. The number of benzene rings is 2. The lowest BCUT2D eigenvalue weighted by Crippen LogP contribution is -1.75. The molecular formula is C14H10BrF. The molecule has 0 saturated heterocycles. The van der Waals surface area contributed by atoms with E-state index in [0.717, 1.165) is 15.6 Å². The van der Waals surface area contributed by atoms with Crippen LogP contribution in [-0.4, -0.2) is 0 Å². The van der Waals surface area contributed by atoms with Crippen LogP contribution in [0.1, 0.15) is 11.1 Å². The normalized spacial score (nSPS) is 10.9. The first kappa shape index (κ1) is 11.1. The van der Waals surface area contributed by atoms with Crippen molar-refractivity contribution in [2.45, 2.75) is 0 Å². The van der Waals surface area contributed by atoms with Crippen molar-refractivity contribution in [3.8, 4) is 0 Å². The van der Waals surface area contributed by atoms with Gasteiger partial charge < -0.3 is 0 Å². The summed E-state index contributed by atoms with van der Waals surface area (Å²) in [6.07, 6.45) is 3.96. The van der Waals surface area contributed by atoms with Gasteiger partial charge in [-0.1, -0.05) is 52.3 Å². The third-order valence-corrected chi connectivity index (χ3v) is 2.74. The van der Waals surface area contributed by atoms with Gasteiger partial charge in [-0.15, -0.1) is 0 Å². The van der Waals surface area contributed by atoms with Gasteiger partial charge in [0.15, 0.2) is 0 Å². The van der Waals surface area contributed by atoms with E-state index in [1.54, 1.807) is 12.1 Å². The molecule has 2 aromatic rings. The van der Waals surface area contributed by atoms with E-state index in [9.17, 15) is 4.39 Å². The second kappa shape index (κ2) is 5.08. The molecule has 80 valence electrons. The molecule has 2 rings (SSSR count). The maximum Gasteiger partial charge on any atom is 0.123 e. The molecule has 0 amide bonds. The Morgan fingerprint density at radius 3 is 1.69 bits per heavy atom. The first-order chi connectivity index (χ1) is 7.74. The van der Waals surface area contributed by atoms with E-state index in [4.69, 9.17) is 0 Å². The van der Waals surface area contributed by atoms with E-state index in [1.165, 1.54) is 12.1 Å². The van der Waals surface area contributed by atoms with Gasteiger partial charge in [-0.05, 0) is 35.4 Å². The molecule has 0 N–H and O–H groups in total. The molecule has 2 aromatic carbocycles. The molecule has 0 unspecified atom stereocenters. The SMILES string of the molecule is Fc1ccc(/C=C/c2ccc(Br)cc2)cc1. The molecule has 0 aliphatic rings. The van der Waals surface area contributed by atoms with Crippen molar-refractivity contribution in [3.05, 3.63) is 69.9 Å². The van der Waals surface area contributed by atoms with Crippen molar-refractivity contribution < 1.29 is 4.39 Å². The summed E-state index contributed by atoms with van der Waals surface area (Å²) in [5, 5.41) is 0. The lowest BCUT2D eigenvalue weighted by molar-refractivity contribution is 0.628. The van der Waals surface area contributed by atoms with Crippen LogP contribution in [0.4, 0.5) is 4.39 Å². The molecule has 0 nitrogen and oxygen atoms in total. The zero-order valence-electron chi connectivity index (χ0n) is 8.53. The Kier molecular flexibility index (Phi) is 3.52. The van der Waals surface area contributed by atoms with Gasteiger partial charge in [-0.3, -0.25) is 0 Å². The van der Waals surface area contributed by atoms with E-state index in [-0.39, 0.29) is 5.82 Å². The fraction of sp³-hybridized carbons (Fsp3) is 0. The van der Waals surface area contributed by atoms with Crippen molar-refractivity contribution in [2.24, 2.45) is 0 Å². The molecule has 0 saturated carbocycles. The standard InChI is InChI=1S/C14H10BrF/c15-13-7-3-11(4-8-13)1-2-12-5-9-14(16)10-6-12/h1-10H/b2-1+. The molecule has 0 atom stereocenters. The van der Waals surface area contributed by atoms with Crippen molar-refractivity contribution in [3.63, 3.8) is 0 Å². The summed E-state index contributed by atoms with van der Waals surface area (Å²) >= 11 is 3.38. The Labute approximate surface area is 103 Å². The van der Waals surface area contributed by atoms with Crippen LogP contribution in [0.5, 0.6) is 0 Å². The van der Waals surface area contributed by atoms with Gasteiger partial charge in [-0.2, -0.15) is 0 Å². The number of hydrogen-bond acceptors (Lipinski definition) is 0. The van der Waals surface area contributed by atoms with Gasteiger partial charge in [0.2, 0.25) is 0 Å². The van der Waals surface area contributed by atoms with E-state index in [0.29, 0.717) is 0 Å². The Hall–Kier alpha value is -1.41. The van der Waals surface area contributed by atoms with Crippen LogP contribution in [-0.2, 0) is 0 Å². The number of hydrogen-bond donors (Lipinski definition) is 0. The highest BCUT2D eigenvalue weighted by Gasteiger charge is 1.90. The lowest BCUT2D eigenvalue weighted by Gasteiger charge is -1.95. The number of rotatable bonds is 2. The fourth-order valence-electron chi connectivity index (χ4n) is 1.34. The molecule has 0 radical (unpaired) electrons. The lowest BCUT2D eigenvalue weighted by atomic mass is 10.1. The van der Waals surface area contributed by atoms with Crippen LogP contribution in [0.2, 0.25) is 0 Å². The molecule has 0 aliphatic carbocycles. The highest BCUT2D eigenvalue weighted by atomic mass is 79.9. The molecule has 0 heterocycles. The average molecular weight is 277 g/mol. The molecular weight excluding hydrogens is 267 g/mol. The first-order valence-electron chi connectivity index (χ1n) is 4.93. The molecule has 16 heavy (non-hydrogen) atoms. The topological polar surface area (TPSA) is 0 Å². The third-order valence-electron chi connectivity index (χ3n) is 2.21. The first-order valence-corrected chi connectivity index (χ1v) is 5.72. The zero-order chi connectivity index (χ0) is 11.4. The average Bonchev–Trinajstić information content (AvgIpc) is 2.30. The second-order valence-corrected chi connectivity index (χ2v) is 4.35. The largest absolute Gasteiger partial charge is 0.207 e. The van der Waals surface area contributed by atoms with Crippen LogP contribution in [0.25, 0.3) is 12.2 Å². The Balaban J connectivity index is 2.15. The van der Waals surface area contributed by atoms with Crippen molar-refractivity contribution in [1.82, 2.24) is 0 Å². The van der Waals surface area contributed by atoms with Gasteiger partial charge in [0, 0.05) is 4.47 Å². The zero-order valence-corrected chi connectivity index (χ0v) is 10.1. The highest BCUT2D eigenvalue weighted by molar-refractivity contribution is 9.10. The molecule has 2 heteroatoms. The summed E-state index contributed by atoms with van der Waals surface area (Å²) in [5.74, 6) is -0.208. The van der Waals surface area contributed by atoms with Gasteiger partial charge in [0.1, 0.15) is 5.82 Å². The maximum absolute atomic E-state index is 12.7. The summed E-state index contributed by atoms with van der Waals surface area (Å²) in [7, 11) is 0. The third kappa shape index (κ3) is 3.04. The van der Waals surface area contributed by atoms with Crippen LogP contribution in [0.15, 0.2) is 53.0 Å². The van der Waals surface area contributed by atoms with Crippen molar-refractivity contribution in [2.75, 3.05) is 0 Å². The Morgan fingerprint density at radius 2 is 1.19 bits per heavy atom.